The largest absolute Gasteiger partial charge is 0.486 e. The van der Waals surface area contributed by atoms with Crippen molar-refractivity contribution in [2.75, 3.05) is 24.3 Å². The minimum absolute atomic E-state index is 0.328. The lowest BCUT2D eigenvalue weighted by molar-refractivity contribution is 0.103. The summed E-state index contributed by atoms with van der Waals surface area (Å²) >= 11 is 1.23. The van der Waals surface area contributed by atoms with Gasteiger partial charge >= 0.3 is 0 Å². The third-order valence-corrected chi connectivity index (χ3v) is 6.19. The monoisotopic (exact) mass is 434 g/mol. The summed E-state index contributed by atoms with van der Waals surface area (Å²) in [5, 5.41) is 16.6. The fourth-order valence-electron chi connectivity index (χ4n) is 3.47. The molecule has 5 rings (SSSR count). The zero-order chi connectivity index (χ0) is 21.5. The van der Waals surface area contributed by atoms with Gasteiger partial charge in [0, 0.05) is 28.1 Å². The number of thiophene rings is 1. The fraction of sp³-hybridized carbons (Fsp3) is 0.136. The first-order valence-corrected chi connectivity index (χ1v) is 10.4. The summed E-state index contributed by atoms with van der Waals surface area (Å²) in [7, 11) is 0. The van der Waals surface area contributed by atoms with E-state index < -0.39 is 0 Å². The lowest BCUT2D eigenvalue weighted by Gasteiger charge is -2.18. The topological polar surface area (TPSA) is 119 Å². The van der Waals surface area contributed by atoms with E-state index in [1.54, 1.807) is 31.2 Å². The van der Waals surface area contributed by atoms with E-state index >= 15 is 0 Å². The number of fused-ring (bicyclic) bond motifs is 3. The SMILES string of the molecule is C/C(=N\O)c1cccc(NC(=O)c2sc3nc4cc5c(cc4cc3c2N)OCCO5)c1. The van der Waals surface area contributed by atoms with Crippen molar-refractivity contribution in [1.29, 1.82) is 0 Å². The fourth-order valence-corrected chi connectivity index (χ4v) is 4.45. The molecule has 0 saturated carbocycles. The van der Waals surface area contributed by atoms with Crippen molar-refractivity contribution in [3.63, 3.8) is 0 Å². The van der Waals surface area contributed by atoms with E-state index in [9.17, 15) is 4.79 Å². The van der Waals surface area contributed by atoms with Gasteiger partial charge in [0.1, 0.15) is 22.9 Å². The van der Waals surface area contributed by atoms with E-state index in [-0.39, 0.29) is 5.91 Å². The van der Waals surface area contributed by atoms with Crippen LogP contribution >= 0.6 is 11.3 Å². The first kappa shape index (κ1) is 19.1. The van der Waals surface area contributed by atoms with E-state index in [1.807, 2.05) is 18.2 Å². The highest BCUT2D eigenvalue weighted by atomic mass is 32.1. The number of carbonyl (C=O) groups excluding carboxylic acids is 1. The molecule has 3 heterocycles. The second-order valence-electron chi connectivity index (χ2n) is 7.09. The molecule has 31 heavy (non-hydrogen) atoms. The Morgan fingerprint density at radius 2 is 1.97 bits per heavy atom. The predicted molar refractivity (Wildman–Crippen MR) is 121 cm³/mol. The van der Waals surface area contributed by atoms with E-state index in [0.717, 1.165) is 16.3 Å². The summed E-state index contributed by atoms with van der Waals surface area (Å²) in [5.74, 6) is 1.01. The molecule has 9 heteroatoms. The third kappa shape index (κ3) is 3.38. The molecule has 1 aliphatic rings. The first-order chi connectivity index (χ1) is 15.0. The van der Waals surface area contributed by atoms with Gasteiger partial charge in [0.05, 0.1) is 16.9 Å². The van der Waals surface area contributed by atoms with Crippen LogP contribution in [0.15, 0.2) is 47.6 Å². The van der Waals surface area contributed by atoms with Gasteiger partial charge < -0.3 is 25.7 Å². The molecule has 4 aromatic rings. The van der Waals surface area contributed by atoms with Crippen LogP contribution in [0.4, 0.5) is 11.4 Å². The van der Waals surface area contributed by atoms with Crippen molar-refractivity contribution < 1.29 is 19.5 Å². The maximum Gasteiger partial charge on any atom is 0.267 e. The van der Waals surface area contributed by atoms with Crippen LogP contribution in [0.5, 0.6) is 11.5 Å². The number of oxime groups is 1. The molecule has 2 aromatic carbocycles. The van der Waals surface area contributed by atoms with Crippen LogP contribution in [0.3, 0.4) is 0 Å². The van der Waals surface area contributed by atoms with Crippen molar-refractivity contribution in [2.45, 2.75) is 6.92 Å². The molecular formula is C22H18N4O4S. The highest BCUT2D eigenvalue weighted by Crippen LogP contribution is 2.39. The smallest absolute Gasteiger partial charge is 0.267 e. The Balaban J connectivity index is 1.52. The van der Waals surface area contributed by atoms with Gasteiger partial charge in [0.15, 0.2) is 11.5 Å². The van der Waals surface area contributed by atoms with Gasteiger partial charge in [-0.2, -0.15) is 0 Å². The average molecular weight is 434 g/mol. The quantitative estimate of drug-likeness (QED) is 0.252. The van der Waals surface area contributed by atoms with E-state index in [2.05, 4.69) is 15.5 Å². The van der Waals surface area contributed by atoms with Crippen LogP contribution < -0.4 is 20.5 Å². The zero-order valence-electron chi connectivity index (χ0n) is 16.5. The van der Waals surface area contributed by atoms with Gasteiger partial charge in [0.2, 0.25) is 0 Å². The van der Waals surface area contributed by atoms with Crippen molar-refractivity contribution in [1.82, 2.24) is 4.98 Å². The molecule has 0 aliphatic carbocycles. The summed E-state index contributed by atoms with van der Waals surface area (Å²) in [6.45, 7) is 2.68. The van der Waals surface area contributed by atoms with Crippen molar-refractivity contribution in [3.8, 4) is 11.5 Å². The van der Waals surface area contributed by atoms with E-state index in [4.69, 9.17) is 20.4 Å². The third-order valence-electron chi connectivity index (χ3n) is 5.07. The summed E-state index contributed by atoms with van der Waals surface area (Å²) in [6, 6.07) is 12.7. The number of ether oxygens (including phenoxy) is 2. The number of hydrogen-bond acceptors (Lipinski definition) is 8. The Morgan fingerprint density at radius 3 is 2.74 bits per heavy atom. The number of nitrogens with one attached hydrogen (secondary N) is 1. The average Bonchev–Trinajstić information content (AvgIpc) is 3.11. The number of nitrogens with zero attached hydrogens (tertiary/aromatic N) is 2. The molecule has 0 bridgehead atoms. The van der Waals surface area contributed by atoms with Crippen molar-refractivity contribution in [2.24, 2.45) is 5.16 Å². The van der Waals surface area contributed by atoms with Crippen LogP contribution in [-0.2, 0) is 0 Å². The minimum Gasteiger partial charge on any atom is -0.486 e. The van der Waals surface area contributed by atoms with Gasteiger partial charge in [-0.05, 0) is 31.2 Å². The molecule has 0 unspecified atom stereocenters. The van der Waals surface area contributed by atoms with Gasteiger partial charge in [0.25, 0.3) is 5.91 Å². The summed E-state index contributed by atoms with van der Waals surface area (Å²) in [6.07, 6.45) is 0. The summed E-state index contributed by atoms with van der Waals surface area (Å²) < 4.78 is 11.3. The molecule has 156 valence electrons. The second-order valence-corrected chi connectivity index (χ2v) is 8.09. The maximum atomic E-state index is 12.9. The summed E-state index contributed by atoms with van der Waals surface area (Å²) in [4.78, 5) is 18.7. The molecular weight excluding hydrogens is 416 g/mol. The number of hydrogen-bond donors (Lipinski definition) is 3. The lowest BCUT2D eigenvalue weighted by Crippen LogP contribution is -2.15. The number of amides is 1. The lowest BCUT2D eigenvalue weighted by atomic mass is 10.1. The van der Waals surface area contributed by atoms with Crippen molar-refractivity contribution >= 4 is 55.4 Å². The molecule has 8 nitrogen and oxygen atoms in total. The number of benzene rings is 2. The molecule has 0 fully saturated rings. The molecule has 0 saturated heterocycles. The second kappa shape index (κ2) is 7.44. The zero-order valence-corrected chi connectivity index (χ0v) is 17.3. The summed E-state index contributed by atoms with van der Waals surface area (Å²) in [5.41, 5.74) is 9.17. The van der Waals surface area contributed by atoms with Crippen LogP contribution in [0, 0.1) is 0 Å². The number of aromatic nitrogens is 1. The number of pyridine rings is 1. The van der Waals surface area contributed by atoms with E-state index in [0.29, 0.717) is 57.1 Å². The first-order valence-electron chi connectivity index (χ1n) is 9.56. The molecule has 0 spiro atoms. The number of anilines is 2. The van der Waals surface area contributed by atoms with Gasteiger partial charge in [-0.15, -0.1) is 11.3 Å². The Hall–Kier alpha value is -3.85. The standard InChI is InChI=1S/C22H18N4O4S/c1-11(26-28)12-3-2-4-14(7-12)24-21(27)20-19(23)15-8-13-9-17-18(30-6-5-29-17)10-16(13)25-22(15)31-20/h2-4,7-10,28H,5-6,23H2,1H3,(H,24,27)/b26-11+. The van der Waals surface area contributed by atoms with Crippen LogP contribution in [-0.4, -0.2) is 35.0 Å². The molecule has 4 N–H and O–H groups in total. The van der Waals surface area contributed by atoms with Crippen LogP contribution in [0.2, 0.25) is 0 Å². The van der Waals surface area contributed by atoms with Crippen LogP contribution in [0.1, 0.15) is 22.2 Å². The Morgan fingerprint density at radius 1 is 1.19 bits per heavy atom. The highest BCUT2D eigenvalue weighted by molar-refractivity contribution is 7.21. The highest BCUT2D eigenvalue weighted by Gasteiger charge is 2.20. The Kier molecular flexibility index (Phi) is 4.59. The maximum absolute atomic E-state index is 12.9. The Labute approximate surface area is 180 Å². The van der Waals surface area contributed by atoms with E-state index in [1.165, 1.54) is 11.3 Å². The Bertz CT molecular complexity index is 1380. The molecule has 1 aliphatic heterocycles. The molecule has 1 amide bonds. The predicted octanol–water partition coefficient (Wildman–Crippen LogP) is 4.25. The molecule has 2 aromatic heterocycles. The van der Waals surface area contributed by atoms with Gasteiger partial charge in [-0.25, -0.2) is 4.98 Å². The number of nitrogen functional groups attached to an aromatic ring is 1. The van der Waals surface area contributed by atoms with Gasteiger partial charge in [-0.3, -0.25) is 4.79 Å². The van der Waals surface area contributed by atoms with Crippen LogP contribution in [0.25, 0.3) is 21.1 Å². The molecule has 0 radical (unpaired) electrons. The molecule has 0 atom stereocenters. The number of nitrogens with two attached hydrogens (primary N) is 1. The normalized spacial score (nSPS) is 13.5. The number of carbonyl (C=O) groups is 1. The minimum atomic E-state index is -0.328. The van der Waals surface area contributed by atoms with Gasteiger partial charge in [-0.1, -0.05) is 17.3 Å². The number of rotatable bonds is 3. The van der Waals surface area contributed by atoms with Crippen molar-refractivity contribution in [3.05, 3.63) is 52.9 Å².